The molecule has 2 aliphatic rings. The number of carbonyl (C=O) groups is 1. The maximum Gasteiger partial charge on any atom is 0.258 e. The van der Waals surface area contributed by atoms with Gasteiger partial charge in [0.15, 0.2) is 0 Å². The minimum absolute atomic E-state index is 0.00771. The molecule has 0 spiro atoms. The Kier molecular flexibility index (Phi) is 6.65. The first-order valence-corrected chi connectivity index (χ1v) is 13.7. The summed E-state index contributed by atoms with van der Waals surface area (Å²) in [6.45, 7) is 4.17. The highest BCUT2D eigenvalue weighted by Gasteiger charge is 2.34. The number of hydrogen-bond acceptors (Lipinski definition) is 9. The van der Waals surface area contributed by atoms with Crippen LogP contribution in [0.3, 0.4) is 0 Å². The van der Waals surface area contributed by atoms with Crippen molar-refractivity contribution in [2.75, 3.05) is 24.6 Å². The number of aliphatic hydroxyl groups is 1. The van der Waals surface area contributed by atoms with Crippen LogP contribution < -0.4 is 15.2 Å². The molecule has 196 valence electrons. The van der Waals surface area contributed by atoms with E-state index in [0.717, 1.165) is 16.7 Å². The molecule has 0 unspecified atom stereocenters. The summed E-state index contributed by atoms with van der Waals surface area (Å²) in [7, 11) is -3.87. The molecule has 1 aliphatic carbocycles. The fourth-order valence-corrected chi connectivity index (χ4v) is 5.92. The Labute approximate surface area is 214 Å². The summed E-state index contributed by atoms with van der Waals surface area (Å²) >= 11 is 0. The predicted molar refractivity (Wildman–Crippen MR) is 136 cm³/mol. The van der Waals surface area contributed by atoms with Gasteiger partial charge in [-0.05, 0) is 56.0 Å². The first-order chi connectivity index (χ1) is 17.6. The maximum absolute atomic E-state index is 12.7. The molecule has 2 heterocycles. The molecule has 1 atom stereocenters. The Morgan fingerprint density at radius 1 is 1.30 bits per heavy atom. The average molecular weight is 528 g/mol. The molecule has 1 fully saturated rings. The molecule has 12 heteroatoms. The molecule has 2 aromatic carbocycles. The van der Waals surface area contributed by atoms with Gasteiger partial charge in [0.25, 0.3) is 5.89 Å². The number of sulfonamides is 1. The Bertz CT molecular complexity index is 1430. The smallest absolute Gasteiger partial charge is 0.258 e. The highest BCUT2D eigenvalue weighted by Crippen LogP contribution is 2.38. The van der Waals surface area contributed by atoms with Gasteiger partial charge in [0, 0.05) is 30.3 Å². The van der Waals surface area contributed by atoms with Crippen LogP contribution >= 0.6 is 0 Å². The normalized spacial score (nSPS) is 17.6. The van der Waals surface area contributed by atoms with Crippen LogP contribution in [-0.2, 0) is 21.2 Å². The van der Waals surface area contributed by atoms with Crippen LogP contribution in [0.1, 0.15) is 37.4 Å². The van der Waals surface area contributed by atoms with Gasteiger partial charge in [-0.3, -0.25) is 4.79 Å². The average Bonchev–Trinajstić information content (AvgIpc) is 3.45. The zero-order valence-corrected chi connectivity index (χ0v) is 21.4. The molecule has 1 saturated heterocycles. The van der Waals surface area contributed by atoms with Crippen LogP contribution in [0.4, 0.5) is 5.69 Å². The Morgan fingerprint density at radius 2 is 2.08 bits per heavy atom. The fourth-order valence-electron chi connectivity index (χ4n) is 4.65. The van der Waals surface area contributed by atoms with Gasteiger partial charge in [0.05, 0.1) is 17.9 Å². The lowest BCUT2D eigenvalue weighted by atomic mass is 10.0. The standard InChI is InChI=1S/C25H29N5O6S/c1-14(2)35-22-9-6-15(10-20(22)26)25-27-24(28-36-25)19-5-3-4-18-17(19)7-8-21(18)29-37(33,34)13-23(32)30-11-16(31)12-30/h3-6,9-10,14,16,21,29,31H,7-8,11-13,26H2,1-2H3/t21-/m0/s1. The van der Waals surface area contributed by atoms with E-state index in [0.29, 0.717) is 41.6 Å². The van der Waals surface area contributed by atoms with Crippen molar-refractivity contribution >= 4 is 21.6 Å². The monoisotopic (exact) mass is 527 g/mol. The Morgan fingerprint density at radius 3 is 2.78 bits per heavy atom. The van der Waals surface area contributed by atoms with Gasteiger partial charge in [0.2, 0.25) is 21.8 Å². The topological polar surface area (TPSA) is 161 Å². The molecule has 0 radical (unpaired) electrons. The van der Waals surface area contributed by atoms with Crippen LogP contribution in [0.15, 0.2) is 40.9 Å². The number of ether oxygens (including phenoxy) is 1. The van der Waals surface area contributed by atoms with E-state index in [9.17, 15) is 18.3 Å². The number of likely N-dealkylation sites (tertiary alicyclic amines) is 1. The Balaban J connectivity index is 1.33. The lowest BCUT2D eigenvalue weighted by molar-refractivity contribution is -0.138. The van der Waals surface area contributed by atoms with E-state index in [1.807, 2.05) is 32.0 Å². The van der Waals surface area contributed by atoms with Crippen molar-refractivity contribution in [3.05, 3.63) is 47.5 Å². The van der Waals surface area contributed by atoms with Crippen molar-refractivity contribution in [3.63, 3.8) is 0 Å². The summed E-state index contributed by atoms with van der Waals surface area (Å²) in [5.74, 6) is 0.109. The lowest BCUT2D eigenvalue weighted by Gasteiger charge is -2.35. The summed E-state index contributed by atoms with van der Waals surface area (Å²) in [5, 5.41) is 13.5. The van der Waals surface area contributed by atoms with Crippen LogP contribution in [-0.4, -0.2) is 65.5 Å². The van der Waals surface area contributed by atoms with E-state index in [1.54, 1.807) is 18.2 Å². The largest absolute Gasteiger partial charge is 0.489 e. The summed E-state index contributed by atoms with van der Waals surface area (Å²) in [4.78, 5) is 18.1. The van der Waals surface area contributed by atoms with Gasteiger partial charge < -0.3 is 25.0 Å². The number of rotatable bonds is 8. The van der Waals surface area contributed by atoms with E-state index in [4.69, 9.17) is 15.0 Å². The molecule has 1 aromatic heterocycles. The zero-order chi connectivity index (χ0) is 26.3. The maximum atomic E-state index is 12.7. The molecule has 5 rings (SSSR count). The number of carbonyl (C=O) groups excluding carboxylic acids is 1. The van der Waals surface area contributed by atoms with Crippen LogP contribution in [0.5, 0.6) is 5.75 Å². The number of fused-ring (bicyclic) bond motifs is 1. The van der Waals surface area contributed by atoms with E-state index in [2.05, 4.69) is 14.9 Å². The van der Waals surface area contributed by atoms with Crippen molar-refractivity contribution in [1.29, 1.82) is 0 Å². The third kappa shape index (κ3) is 5.31. The summed E-state index contributed by atoms with van der Waals surface area (Å²) in [6, 6.07) is 10.4. The molecule has 0 saturated carbocycles. The van der Waals surface area contributed by atoms with Crippen molar-refractivity contribution in [2.24, 2.45) is 0 Å². The zero-order valence-electron chi connectivity index (χ0n) is 20.5. The Hall–Kier alpha value is -3.48. The third-order valence-electron chi connectivity index (χ3n) is 6.41. The van der Waals surface area contributed by atoms with Crippen molar-refractivity contribution in [3.8, 4) is 28.6 Å². The number of aromatic nitrogens is 2. The van der Waals surface area contributed by atoms with Gasteiger partial charge in [-0.2, -0.15) is 4.98 Å². The molecule has 4 N–H and O–H groups in total. The quantitative estimate of drug-likeness (QED) is 0.372. The second-order valence-corrected chi connectivity index (χ2v) is 11.4. The van der Waals surface area contributed by atoms with Gasteiger partial charge >= 0.3 is 0 Å². The number of benzene rings is 2. The highest BCUT2D eigenvalue weighted by molar-refractivity contribution is 7.90. The molecular weight excluding hydrogens is 498 g/mol. The van der Waals surface area contributed by atoms with Crippen LogP contribution in [0.25, 0.3) is 22.8 Å². The van der Waals surface area contributed by atoms with Crippen molar-refractivity contribution < 1.29 is 27.6 Å². The first-order valence-electron chi connectivity index (χ1n) is 12.1. The second kappa shape index (κ2) is 9.77. The summed E-state index contributed by atoms with van der Waals surface area (Å²) in [6.07, 6.45) is 0.566. The van der Waals surface area contributed by atoms with Gasteiger partial charge in [-0.1, -0.05) is 23.4 Å². The fraction of sp³-hybridized carbons (Fsp3) is 0.400. The summed E-state index contributed by atoms with van der Waals surface area (Å²) in [5.41, 5.74) is 9.75. The number of nitrogens with zero attached hydrogens (tertiary/aromatic N) is 3. The molecule has 3 aromatic rings. The number of nitrogens with two attached hydrogens (primary N) is 1. The molecule has 37 heavy (non-hydrogen) atoms. The number of hydrogen-bond donors (Lipinski definition) is 3. The molecule has 1 aliphatic heterocycles. The van der Waals surface area contributed by atoms with Gasteiger partial charge in [-0.15, -0.1) is 0 Å². The highest BCUT2D eigenvalue weighted by atomic mass is 32.2. The van der Waals surface area contributed by atoms with E-state index in [1.165, 1.54) is 4.90 Å². The van der Waals surface area contributed by atoms with E-state index in [-0.39, 0.29) is 19.2 Å². The number of β-amino-alcohol motifs (C(OH)–C–C–N with tert-alkyl or cyclic N) is 1. The molecule has 0 bridgehead atoms. The van der Waals surface area contributed by atoms with E-state index < -0.39 is 33.8 Å². The molecule has 1 amide bonds. The molecular formula is C25H29N5O6S. The number of nitrogens with one attached hydrogen (secondary N) is 1. The number of amides is 1. The van der Waals surface area contributed by atoms with Crippen molar-refractivity contribution in [1.82, 2.24) is 19.8 Å². The number of nitrogen functional groups attached to an aromatic ring is 1. The van der Waals surface area contributed by atoms with Crippen molar-refractivity contribution in [2.45, 2.75) is 44.9 Å². The van der Waals surface area contributed by atoms with Gasteiger partial charge in [-0.25, -0.2) is 13.1 Å². The first kappa shape index (κ1) is 25.2. The minimum atomic E-state index is -3.87. The van der Waals surface area contributed by atoms with Crippen LogP contribution in [0.2, 0.25) is 0 Å². The van der Waals surface area contributed by atoms with E-state index >= 15 is 0 Å². The predicted octanol–water partition coefficient (Wildman–Crippen LogP) is 1.88. The van der Waals surface area contributed by atoms with Crippen LogP contribution in [0, 0.1) is 0 Å². The van der Waals surface area contributed by atoms with Gasteiger partial charge in [0.1, 0.15) is 11.5 Å². The number of anilines is 1. The lowest BCUT2D eigenvalue weighted by Crippen LogP contribution is -2.55. The number of aliphatic hydroxyl groups excluding tert-OH is 1. The molecule has 11 nitrogen and oxygen atoms in total. The minimum Gasteiger partial charge on any atom is -0.489 e. The third-order valence-corrected chi connectivity index (χ3v) is 7.68. The second-order valence-electron chi connectivity index (χ2n) is 9.64. The SMILES string of the molecule is CC(C)Oc1ccc(-c2nc(-c3cccc4c3CC[C@@H]4NS(=O)(=O)CC(=O)N3CC(O)C3)no2)cc1N. The summed E-state index contributed by atoms with van der Waals surface area (Å²) < 4.78 is 39.2.